The molecule has 86 valence electrons. The van der Waals surface area contributed by atoms with Gasteiger partial charge in [-0.05, 0) is 31.1 Å². The summed E-state index contributed by atoms with van der Waals surface area (Å²) in [5.74, 6) is 0.991. The van der Waals surface area contributed by atoms with Crippen LogP contribution in [0.4, 0.5) is 0 Å². The van der Waals surface area contributed by atoms with Crippen molar-refractivity contribution in [3.8, 4) is 0 Å². The third kappa shape index (κ3) is 3.09. The molecule has 0 aromatic rings. The van der Waals surface area contributed by atoms with Gasteiger partial charge in [-0.3, -0.25) is 4.99 Å². The van der Waals surface area contributed by atoms with Gasteiger partial charge in [-0.25, -0.2) is 0 Å². The molecule has 4 heteroatoms. The van der Waals surface area contributed by atoms with E-state index >= 15 is 0 Å². The zero-order valence-corrected chi connectivity index (χ0v) is 9.51. The topological polar surface area (TPSA) is 45.6 Å². The number of nitrogens with one attached hydrogen (secondary N) is 2. The number of hydrogen-bond acceptors (Lipinski definition) is 4. The van der Waals surface area contributed by atoms with Crippen LogP contribution in [0, 0.1) is 5.41 Å². The maximum atomic E-state index is 5.14. The number of guanidine groups is 1. The molecule has 0 amide bonds. The predicted octanol–water partition coefficient (Wildman–Crippen LogP) is 0.742. The lowest BCUT2D eigenvalue weighted by atomic mass is 10.0. The minimum absolute atomic E-state index is 0.498. The first kappa shape index (κ1) is 10.7. The maximum absolute atomic E-state index is 5.14. The molecule has 0 unspecified atom stereocenters. The Morgan fingerprint density at radius 2 is 2.40 bits per heavy atom. The predicted molar refractivity (Wildman–Crippen MR) is 61.1 cm³/mol. The van der Waals surface area contributed by atoms with Gasteiger partial charge in [0.15, 0.2) is 5.96 Å². The zero-order valence-electron chi connectivity index (χ0n) is 9.51. The van der Waals surface area contributed by atoms with Crippen LogP contribution >= 0.6 is 0 Å². The summed E-state index contributed by atoms with van der Waals surface area (Å²) in [7, 11) is 1.77. The van der Waals surface area contributed by atoms with Crippen molar-refractivity contribution in [2.45, 2.75) is 25.7 Å². The summed E-state index contributed by atoms with van der Waals surface area (Å²) in [5, 5.41) is 6.70. The van der Waals surface area contributed by atoms with Gasteiger partial charge >= 0.3 is 0 Å². The summed E-state index contributed by atoms with van der Waals surface area (Å²) >= 11 is 0. The lowest BCUT2D eigenvalue weighted by Crippen LogP contribution is -2.43. The second-order valence-electron chi connectivity index (χ2n) is 4.61. The normalized spacial score (nSPS) is 22.9. The van der Waals surface area contributed by atoms with E-state index in [0.717, 1.165) is 38.6 Å². The van der Waals surface area contributed by atoms with Crippen molar-refractivity contribution >= 4 is 5.96 Å². The van der Waals surface area contributed by atoms with Crippen LogP contribution < -0.4 is 10.6 Å². The first-order chi connectivity index (χ1) is 7.35. The van der Waals surface area contributed by atoms with Crippen LogP contribution in [0.5, 0.6) is 0 Å². The van der Waals surface area contributed by atoms with Crippen LogP contribution in [-0.2, 0) is 4.74 Å². The molecule has 1 aliphatic carbocycles. The second-order valence-corrected chi connectivity index (χ2v) is 4.61. The van der Waals surface area contributed by atoms with E-state index in [9.17, 15) is 0 Å². The molecule has 1 saturated carbocycles. The van der Waals surface area contributed by atoms with Gasteiger partial charge in [0.1, 0.15) is 0 Å². The summed E-state index contributed by atoms with van der Waals surface area (Å²) in [6.07, 6.45) is 4.98. The minimum Gasteiger partial charge on any atom is -0.385 e. The fraction of sp³-hybridized carbons (Fsp3) is 0.909. The molecule has 0 aromatic heterocycles. The van der Waals surface area contributed by atoms with E-state index in [1.54, 1.807) is 7.11 Å². The summed E-state index contributed by atoms with van der Waals surface area (Å²) in [6.45, 7) is 3.93. The molecule has 1 aliphatic heterocycles. The van der Waals surface area contributed by atoms with Gasteiger partial charge in [0, 0.05) is 33.4 Å². The molecular formula is C11H21N3O. The van der Waals surface area contributed by atoms with Gasteiger partial charge in [0.05, 0.1) is 0 Å². The standard InChI is InChI=1S/C11H21N3O/c1-15-8-5-11(3-4-11)9-14-10-12-6-2-7-13-10/h2-9H2,1H3,(H2,12,13,14). The minimum atomic E-state index is 0.498. The molecular weight excluding hydrogens is 190 g/mol. The van der Waals surface area contributed by atoms with E-state index in [1.807, 2.05) is 0 Å². The first-order valence-electron chi connectivity index (χ1n) is 5.86. The largest absolute Gasteiger partial charge is 0.385 e. The van der Waals surface area contributed by atoms with E-state index < -0.39 is 0 Å². The highest BCUT2D eigenvalue weighted by Crippen LogP contribution is 2.48. The average Bonchev–Trinajstić information content (AvgIpc) is 3.06. The van der Waals surface area contributed by atoms with Crippen molar-refractivity contribution in [2.75, 3.05) is 33.4 Å². The van der Waals surface area contributed by atoms with Crippen molar-refractivity contribution in [1.29, 1.82) is 0 Å². The van der Waals surface area contributed by atoms with Crippen molar-refractivity contribution in [3.63, 3.8) is 0 Å². The Balaban J connectivity index is 1.70. The van der Waals surface area contributed by atoms with Gasteiger partial charge in [0.25, 0.3) is 0 Å². The second kappa shape index (κ2) is 4.84. The lowest BCUT2D eigenvalue weighted by Gasteiger charge is -2.20. The smallest absolute Gasteiger partial charge is 0.191 e. The van der Waals surface area contributed by atoms with E-state index in [-0.39, 0.29) is 0 Å². The van der Waals surface area contributed by atoms with Crippen molar-refractivity contribution in [2.24, 2.45) is 10.4 Å². The van der Waals surface area contributed by atoms with Crippen LogP contribution in [0.1, 0.15) is 25.7 Å². The van der Waals surface area contributed by atoms with Gasteiger partial charge in [-0.15, -0.1) is 0 Å². The Hall–Kier alpha value is -0.770. The number of aliphatic imine (C=N–C) groups is 1. The highest BCUT2D eigenvalue weighted by molar-refractivity contribution is 5.80. The van der Waals surface area contributed by atoms with Crippen LogP contribution in [0.15, 0.2) is 4.99 Å². The van der Waals surface area contributed by atoms with Crippen molar-refractivity contribution < 1.29 is 4.74 Å². The number of methoxy groups -OCH3 is 1. The van der Waals surface area contributed by atoms with E-state index in [1.165, 1.54) is 19.3 Å². The van der Waals surface area contributed by atoms with Crippen LogP contribution in [0.2, 0.25) is 0 Å². The van der Waals surface area contributed by atoms with Crippen molar-refractivity contribution in [3.05, 3.63) is 0 Å². The molecule has 0 radical (unpaired) electrons. The summed E-state index contributed by atoms with van der Waals surface area (Å²) < 4.78 is 5.14. The number of hydrogen-bond donors (Lipinski definition) is 2. The Morgan fingerprint density at radius 1 is 1.53 bits per heavy atom. The highest BCUT2D eigenvalue weighted by Gasteiger charge is 2.41. The Morgan fingerprint density at radius 3 is 3.00 bits per heavy atom. The fourth-order valence-corrected chi connectivity index (χ4v) is 1.93. The molecule has 4 nitrogen and oxygen atoms in total. The molecule has 0 spiro atoms. The van der Waals surface area contributed by atoms with Crippen LogP contribution in [-0.4, -0.2) is 39.3 Å². The molecule has 2 rings (SSSR count). The highest BCUT2D eigenvalue weighted by atomic mass is 16.5. The molecule has 1 heterocycles. The van der Waals surface area contributed by atoms with Gasteiger partial charge in [0.2, 0.25) is 0 Å². The van der Waals surface area contributed by atoms with Gasteiger partial charge < -0.3 is 15.4 Å². The van der Waals surface area contributed by atoms with Crippen molar-refractivity contribution in [1.82, 2.24) is 10.6 Å². The molecule has 0 saturated heterocycles. The average molecular weight is 211 g/mol. The molecule has 15 heavy (non-hydrogen) atoms. The molecule has 1 fully saturated rings. The number of ether oxygens (including phenoxy) is 1. The number of nitrogens with zero attached hydrogens (tertiary/aromatic N) is 1. The first-order valence-corrected chi connectivity index (χ1v) is 5.86. The fourth-order valence-electron chi connectivity index (χ4n) is 1.93. The Kier molecular flexibility index (Phi) is 3.46. The molecule has 2 N–H and O–H groups in total. The maximum Gasteiger partial charge on any atom is 0.191 e. The monoisotopic (exact) mass is 211 g/mol. The quantitative estimate of drug-likeness (QED) is 0.705. The summed E-state index contributed by atoms with van der Waals surface area (Å²) in [6, 6.07) is 0. The van der Waals surface area contributed by atoms with Crippen LogP contribution in [0.25, 0.3) is 0 Å². The SMILES string of the molecule is COCCC1(CNC2=NCCCN2)CC1. The Bertz CT molecular complexity index is 236. The Labute approximate surface area is 91.5 Å². The van der Waals surface area contributed by atoms with Crippen LogP contribution in [0.3, 0.4) is 0 Å². The number of rotatable bonds is 5. The van der Waals surface area contributed by atoms with E-state index in [0.29, 0.717) is 5.41 Å². The molecule has 0 bridgehead atoms. The van der Waals surface area contributed by atoms with E-state index in [4.69, 9.17) is 4.74 Å². The third-order valence-electron chi connectivity index (χ3n) is 3.32. The van der Waals surface area contributed by atoms with Gasteiger partial charge in [-0.2, -0.15) is 0 Å². The molecule has 0 aromatic carbocycles. The summed E-state index contributed by atoms with van der Waals surface area (Å²) in [4.78, 5) is 4.40. The van der Waals surface area contributed by atoms with E-state index in [2.05, 4.69) is 15.6 Å². The zero-order chi connectivity index (χ0) is 10.6. The molecule has 0 atom stereocenters. The third-order valence-corrected chi connectivity index (χ3v) is 3.32. The summed E-state index contributed by atoms with van der Waals surface area (Å²) in [5.41, 5.74) is 0.498. The molecule has 2 aliphatic rings. The van der Waals surface area contributed by atoms with Gasteiger partial charge in [-0.1, -0.05) is 0 Å². The lowest BCUT2D eigenvalue weighted by molar-refractivity contribution is 0.172.